The summed E-state index contributed by atoms with van der Waals surface area (Å²) in [7, 11) is -1.88. The summed E-state index contributed by atoms with van der Waals surface area (Å²) in [5.41, 5.74) is 5.35. The molecule has 0 aromatic carbocycles. The molecular weight excluding hydrogens is 246 g/mol. The summed E-state index contributed by atoms with van der Waals surface area (Å²) in [5, 5.41) is 0. The highest BCUT2D eigenvalue weighted by atomic mass is 32.2. The van der Waals surface area contributed by atoms with Gasteiger partial charge in [-0.2, -0.15) is 17.0 Å². The van der Waals surface area contributed by atoms with E-state index < -0.39 is 10.2 Å². The summed E-state index contributed by atoms with van der Waals surface area (Å²) in [6.07, 6.45) is 2.01. The van der Waals surface area contributed by atoms with E-state index in [1.807, 2.05) is 0 Å². The Morgan fingerprint density at radius 2 is 2.25 bits per heavy atom. The normalized spacial score (nSPS) is 23.6. The van der Waals surface area contributed by atoms with E-state index in [2.05, 4.69) is 6.92 Å². The van der Waals surface area contributed by atoms with Gasteiger partial charge in [-0.3, -0.25) is 0 Å². The fourth-order valence-corrected chi connectivity index (χ4v) is 3.63. The van der Waals surface area contributed by atoms with Crippen LogP contribution < -0.4 is 5.73 Å². The van der Waals surface area contributed by atoms with Crippen molar-refractivity contribution >= 4 is 27.4 Å². The maximum absolute atomic E-state index is 12.1. The van der Waals surface area contributed by atoms with Crippen LogP contribution in [-0.4, -0.2) is 48.7 Å². The van der Waals surface area contributed by atoms with Crippen molar-refractivity contribution in [2.24, 2.45) is 11.7 Å². The molecule has 0 radical (unpaired) electrons. The number of hydrogen-bond acceptors (Lipinski definition) is 3. The van der Waals surface area contributed by atoms with Crippen LogP contribution in [0.25, 0.3) is 0 Å². The average Bonchev–Trinajstić information content (AvgIpc) is 2.16. The van der Waals surface area contributed by atoms with Crippen LogP contribution in [0, 0.1) is 5.92 Å². The molecule has 2 N–H and O–H groups in total. The van der Waals surface area contributed by atoms with Crippen LogP contribution in [0.4, 0.5) is 0 Å². The van der Waals surface area contributed by atoms with E-state index in [0.717, 1.165) is 12.8 Å². The van der Waals surface area contributed by atoms with E-state index in [-0.39, 0.29) is 11.5 Å². The predicted molar refractivity (Wildman–Crippen MR) is 68.3 cm³/mol. The van der Waals surface area contributed by atoms with E-state index in [0.29, 0.717) is 19.0 Å². The zero-order valence-corrected chi connectivity index (χ0v) is 11.4. The van der Waals surface area contributed by atoms with Gasteiger partial charge >= 0.3 is 0 Å². The van der Waals surface area contributed by atoms with Gasteiger partial charge in [0, 0.05) is 20.1 Å². The van der Waals surface area contributed by atoms with Gasteiger partial charge in [0.25, 0.3) is 10.2 Å². The molecule has 0 amide bonds. The molecular formula is C9H19N3O2S2. The lowest BCUT2D eigenvalue weighted by atomic mass is 10.0. The van der Waals surface area contributed by atoms with Crippen LogP contribution in [0.1, 0.15) is 19.8 Å². The third-order valence-electron chi connectivity index (χ3n) is 2.72. The minimum atomic E-state index is -3.39. The van der Waals surface area contributed by atoms with E-state index in [9.17, 15) is 8.42 Å². The molecule has 0 aliphatic carbocycles. The lowest BCUT2D eigenvalue weighted by molar-refractivity contribution is 0.267. The van der Waals surface area contributed by atoms with Crippen LogP contribution in [0.3, 0.4) is 0 Å². The summed E-state index contributed by atoms with van der Waals surface area (Å²) in [6.45, 7) is 3.34. The number of nitrogens with zero attached hydrogens (tertiary/aromatic N) is 2. The summed E-state index contributed by atoms with van der Waals surface area (Å²) in [5.74, 6) is 0.418. The van der Waals surface area contributed by atoms with Gasteiger partial charge in [0.15, 0.2) is 0 Å². The third kappa shape index (κ3) is 3.38. The molecule has 0 spiro atoms. The van der Waals surface area contributed by atoms with Crippen LogP contribution >= 0.6 is 12.2 Å². The van der Waals surface area contributed by atoms with Gasteiger partial charge < -0.3 is 5.73 Å². The van der Waals surface area contributed by atoms with Crippen LogP contribution in [0.15, 0.2) is 0 Å². The first kappa shape index (κ1) is 13.8. The van der Waals surface area contributed by atoms with E-state index in [1.54, 1.807) is 0 Å². The number of hydrogen-bond donors (Lipinski definition) is 1. The van der Waals surface area contributed by atoms with Crippen LogP contribution in [0.2, 0.25) is 0 Å². The Bertz CT molecular complexity index is 356. The van der Waals surface area contributed by atoms with Gasteiger partial charge in [0.2, 0.25) is 0 Å². The molecule has 16 heavy (non-hydrogen) atoms. The molecule has 0 aromatic heterocycles. The third-order valence-corrected chi connectivity index (χ3v) is 4.75. The zero-order valence-electron chi connectivity index (χ0n) is 9.72. The Balaban J connectivity index is 2.72. The standard InChI is InChI=1S/C9H19N3O2S2/c1-8-4-3-5-12(6-8)16(13,14)11(2)7-9(10)15/h8H,3-7H2,1-2H3,(H2,10,15). The summed E-state index contributed by atoms with van der Waals surface area (Å²) in [6, 6.07) is 0. The second-order valence-electron chi connectivity index (χ2n) is 4.34. The summed E-state index contributed by atoms with van der Waals surface area (Å²) >= 11 is 4.72. The fourth-order valence-electron chi connectivity index (χ4n) is 1.85. The highest BCUT2D eigenvalue weighted by Gasteiger charge is 2.30. The molecule has 0 aromatic rings. The van der Waals surface area contributed by atoms with Crippen LogP contribution in [-0.2, 0) is 10.2 Å². The Hall–Kier alpha value is -0.240. The van der Waals surface area contributed by atoms with Gasteiger partial charge in [-0.25, -0.2) is 0 Å². The Morgan fingerprint density at radius 1 is 1.62 bits per heavy atom. The largest absolute Gasteiger partial charge is 0.392 e. The Labute approximate surface area is 103 Å². The molecule has 1 rings (SSSR count). The van der Waals surface area contributed by atoms with Crippen molar-refractivity contribution in [2.75, 3.05) is 26.7 Å². The SMILES string of the molecule is CC1CCCN(S(=O)(=O)N(C)CC(N)=S)C1. The minimum absolute atomic E-state index is 0.0997. The lowest BCUT2D eigenvalue weighted by Gasteiger charge is -2.32. The number of piperidine rings is 1. The van der Waals surface area contributed by atoms with Crippen molar-refractivity contribution in [3.63, 3.8) is 0 Å². The quantitative estimate of drug-likeness (QED) is 0.737. The predicted octanol–water partition coefficient (Wildman–Crippen LogP) is 0.181. The maximum atomic E-state index is 12.1. The smallest absolute Gasteiger partial charge is 0.282 e. The average molecular weight is 265 g/mol. The number of thiocarbonyl (C=S) groups is 1. The molecule has 5 nitrogen and oxygen atoms in total. The van der Waals surface area contributed by atoms with Crippen molar-refractivity contribution in [1.29, 1.82) is 0 Å². The highest BCUT2D eigenvalue weighted by Crippen LogP contribution is 2.19. The van der Waals surface area contributed by atoms with E-state index >= 15 is 0 Å². The molecule has 0 bridgehead atoms. The first-order valence-electron chi connectivity index (χ1n) is 5.33. The molecule has 0 saturated carbocycles. The van der Waals surface area contributed by atoms with Crippen molar-refractivity contribution in [2.45, 2.75) is 19.8 Å². The first-order chi connectivity index (χ1) is 7.34. The number of likely N-dealkylation sites (N-methyl/N-ethyl adjacent to an activating group) is 1. The van der Waals surface area contributed by atoms with Crippen molar-refractivity contribution in [3.8, 4) is 0 Å². The van der Waals surface area contributed by atoms with E-state index in [1.165, 1.54) is 15.7 Å². The first-order valence-corrected chi connectivity index (χ1v) is 7.14. The Morgan fingerprint density at radius 3 is 2.75 bits per heavy atom. The second kappa shape index (κ2) is 5.39. The molecule has 94 valence electrons. The molecule has 1 heterocycles. The molecule has 7 heteroatoms. The monoisotopic (exact) mass is 265 g/mol. The lowest BCUT2D eigenvalue weighted by Crippen LogP contribution is -2.48. The van der Waals surface area contributed by atoms with Gasteiger partial charge in [-0.15, -0.1) is 0 Å². The maximum Gasteiger partial charge on any atom is 0.282 e. The zero-order chi connectivity index (χ0) is 12.3. The van der Waals surface area contributed by atoms with Crippen LogP contribution in [0.5, 0.6) is 0 Å². The molecule has 1 aliphatic heterocycles. The van der Waals surface area contributed by atoms with Gasteiger partial charge in [-0.1, -0.05) is 19.1 Å². The fraction of sp³-hybridized carbons (Fsp3) is 0.889. The molecule has 1 aliphatic rings. The second-order valence-corrected chi connectivity index (χ2v) is 6.90. The summed E-state index contributed by atoms with van der Waals surface area (Å²) < 4.78 is 26.9. The van der Waals surface area contributed by atoms with Crippen molar-refractivity contribution < 1.29 is 8.42 Å². The van der Waals surface area contributed by atoms with Crippen molar-refractivity contribution in [1.82, 2.24) is 8.61 Å². The summed E-state index contributed by atoms with van der Waals surface area (Å²) in [4.78, 5) is 0.191. The number of nitrogens with two attached hydrogens (primary N) is 1. The molecule has 1 unspecified atom stereocenters. The van der Waals surface area contributed by atoms with E-state index in [4.69, 9.17) is 18.0 Å². The Kier molecular flexibility index (Phi) is 4.66. The van der Waals surface area contributed by atoms with Crippen molar-refractivity contribution in [3.05, 3.63) is 0 Å². The molecule has 1 fully saturated rings. The van der Waals surface area contributed by atoms with Gasteiger partial charge in [0.1, 0.15) is 0 Å². The molecule has 1 atom stereocenters. The minimum Gasteiger partial charge on any atom is -0.392 e. The highest BCUT2D eigenvalue weighted by molar-refractivity contribution is 7.86. The molecule has 1 saturated heterocycles. The van der Waals surface area contributed by atoms with Gasteiger partial charge in [-0.05, 0) is 18.8 Å². The topological polar surface area (TPSA) is 66.6 Å². The number of rotatable bonds is 4. The van der Waals surface area contributed by atoms with Gasteiger partial charge in [0.05, 0.1) is 11.5 Å².